The van der Waals surface area contributed by atoms with Crippen LogP contribution in [0.1, 0.15) is 11.1 Å². The average molecular weight is 567 g/mol. The minimum atomic E-state index is -4.47. The summed E-state index contributed by atoms with van der Waals surface area (Å²) < 4.78 is 80.7. The second-order valence-electron chi connectivity index (χ2n) is 10.4. The van der Waals surface area contributed by atoms with Gasteiger partial charge in [-0.25, -0.2) is 0 Å². The monoisotopic (exact) mass is 566 g/mol. The highest BCUT2D eigenvalue weighted by atomic mass is 19.4. The first-order valence-electron chi connectivity index (χ1n) is 13.2. The molecule has 0 atom stereocenters. The van der Waals surface area contributed by atoms with Crippen LogP contribution in [0.3, 0.4) is 0 Å². The van der Waals surface area contributed by atoms with Crippen LogP contribution >= 0.6 is 0 Å². The van der Waals surface area contributed by atoms with Gasteiger partial charge < -0.3 is 0 Å². The Morgan fingerprint density at radius 1 is 0.333 bits per heavy atom. The maximum Gasteiger partial charge on any atom is 0.416 e. The molecule has 0 aliphatic heterocycles. The molecule has 0 saturated carbocycles. The highest BCUT2D eigenvalue weighted by Gasteiger charge is 2.31. The summed E-state index contributed by atoms with van der Waals surface area (Å²) in [5.74, 6) is 0. The van der Waals surface area contributed by atoms with Gasteiger partial charge in [0.2, 0.25) is 0 Å². The van der Waals surface area contributed by atoms with Crippen molar-refractivity contribution in [3.63, 3.8) is 0 Å². The quantitative estimate of drug-likeness (QED) is 0.144. The standard InChI is InChI=1S/C36H20F6/c37-35(38,39)27-13-9-21(10-14-27)33-29-17-23-5-1-2-6-24(23)18-30(29)34(22-11-15-28(16-12-22)36(40,41)42)32-20-26-8-4-3-7-25(26)19-31(32)33/h1-20H. The summed E-state index contributed by atoms with van der Waals surface area (Å²) in [4.78, 5) is 0. The molecule has 0 saturated heterocycles. The van der Waals surface area contributed by atoms with Gasteiger partial charge in [0.25, 0.3) is 0 Å². The molecule has 0 amide bonds. The summed E-state index contributed by atoms with van der Waals surface area (Å²) in [6, 6.07) is 33.8. The Balaban J connectivity index is 1.66. The van der Waals surface area contributed by atoms with E-state index in [1.807, 2.05) is 72.8 Å². The van der Waals surface area contributed by atoms with Crippen LogP contribution in [0.5, 0.6) is 0 Å². The predicted molar refractivity (Wildman–Crippen MR) is 157 cm³/mol. The van der Waals surface area contributed by atoms with E-state index in [-0.39, 0.29) is 0 Å². The molecule has 206 valence electrons. The Labute approximate surface area is 236 Å². The van der Waals surface area contributed by atoms with E-state index in [0.29, 0.717) is 11.1 Å². The predicted octanol–water partition coefficient (Wildman–Crippen LogP) is 11.7. The maximum absolute atomic E-state index is 13.4. The van der Waals surface area contributed by atoms with Gasteiger partial charge in [0.15, 0.2) is 0 Å². The first-order valence-corrected chi connectivity index (χ1v) is 13.2. The van der Waals surface area contributed by atoms with Gasteiger partial charge in [0.05, 0.1) is 11.1 Å². The van der Waals surface area contributed by atoms with E-state index < -0.39 is 23.5 Å². The molecule has 7 rings (SSSR count). The van der Waals surface area contributed by atoms with Crippen LogP contribution in [0.4, 0.5) is 26.3 Å². The van der Waals surface area contributed by atoms with E-state index in [2.05, 4.69) is 0 Å². The van der Waals surface area contributed by atoms with E-state index >= 15 is 0 Å². The van der Waals surface area contributed by atoms with Crippen LogP contribution in [-0.2, 0) is 12.4 Å². The van der Waals surface area contributed by atoms with Gasteiger partial charge in [0, 0.05) is 0 Å². The maximum atomic E-state index is 13.4. The van der Waals surface area contributed by atoms with Gasteiger partial charge in [0.1, 0.15) is 0 Å². The van der Waals surface area contributed by atoms with Gasteiger partial charge in [-0.05, 0) is 114 Å². The van der Waals surface area contributed by atoms with Crippen molar-refractivity contribution >= 4 is 43.1 Å². The third kappa shape index (κ3) is 4.35. The smallest absolute Gasteiger partial charge is 0.166 e. The number of fused-ring (bicyclic) bond motifs is 4. The molecule has 7 aromatic rings. The van der Waals surface area contributed by atoms with E-state index in [0.717, 1.165) is 78.5 Å². The van der Waals surface area contributed by atoms with Gasteiger partial charge >= 0.3 is 12.4 Å². The Bertz CT molecular complexity index is 1880. The van der Waals surface area contributed by atoms with Crippen LogP contribution in [0.15, 0.2) is 121 Å². The summed E-state index contributed by atoms with van der Waals surface area (Å²) in [7, 11) is 0. The van der Waals surface area contributed by atoms with Gasteiger partial charge in [-0.2, -0.15) is 26.3 Å². The molecule has 0 heterocycles. The molecule has 0 fully saturated rings. The van der Waals surface area contributed by atoms with Crippen molar-refractivity contribution in [1.29, 1.82) is 0 Å². The lowest BCUT2D eigenvalue weighted by Gasteiger charge is -2.20. The van der Waals surface area contributed by atoms with E-state index in [9.17, 15) is 26.3 Å². The van der Waals surface area contributed by atoms with Crippen molar-refractivity contribution in [3.05, 3.63) is 132 Å². The van der Waals surface area contributed by atoms with Gasteiger partial charge in [-0.15, -0.1) is 0 Å². The zero-order valence-corrected chi connectivity index (χ0v) is 21.8. The molecule has 0 unspecified atom stereocenters. The fraction of sp³-hybridized carbons (Fsp3) is 0.0556. The average Bonchev–Trinajstić information content (AvgIpc) is 2.97. The summed E-state index contributed by atoms with van der Waals surface area (Å²) in [5.41, 5.74) is 1.28. The molecule has 0 radical (unpaired) electrons. The van der Waals surface area contributed by atoms with Crippen molar-refractivity contribution in [2.45, 2.75) is 12.4 Å². The highest BCUT2D eigenvalue weighted by Crippen LogP contribution is 2.47. The SMILES string of the molecule is FC(F)(F)c1ccc(-c2c3cc4ccccc4cc3c(-c3ccc(C(F)(F)F)cc3)c3cc4ccccc4cc23)cc1. The Kier molecular flexibility index (Phi) is 5.80. The summed E-state index contributed by atoms with van der Waals surface area (Å²) in [6.07, 6.45) is -8.94. The van der Waals surface area contributed by atoms with E-state index in [1.54, 1.807) is 0 Å². The minimum absolute atomic E-state index is 0.613. The first-order chi connectivity index (χ1) is 20.1. The van der Waals surface area contributed by atoms with Crippen LogP contribution in [0, 0.1) is 0 Å². The molecule has 0 aliphatic carbocycles. The van der Waals surface area contributed by atoms with Crippen molar-refractivity contribution in [2.75, 3.05) is 0 Å². The molecule has 42 heavy (non-hydrogen) atoms. The first kappa shape index (κ1) is 26.1. The minimum Gasteiger partial charge on any atom is -0.166 e. The lowest BCUT2D eigenvalue weighted by molar-refractivity contribution is -0.138. The van der Waals surface area contributed by atoms with E-state index in [1.165, 1.54) is 24.3 Å². The van der Waals surface area contributed by atoms with Crippen LogP contribution < -0.4 is 0 Å². The Hall–Kier alpha value is -4.84. The molecule has 0 nitrogen and oxygen atoms in total. The number of halogens is 6. The normalized spacial score (nSPS) is 12.5. The molecule has 0 bridgehead atoms. The van der Waals surface area contributed by atoms with E-state index in [4.69, 9.17) is 0 Å². The lowest BCUT2D eigenvalue weighted by atomic mass is 9.83. The Morgan fingerprint density at radius 2 is 0.595 bits per heavy atom. The third-order valence-electron chi connectivity index (χ3n) is 7.85. The van der Waals surface area contributed by atoms with Crippen LogP contribution in [0.25, 0.3) is 65.3 Å². The molecular formula is C36H20F6. The van der Waals surface area contributed by atoms with Gasteiger partial charge in [-0.1, -0.05) is 72.8 Å². The van der Waals surface area contributed by atoms with Crippen molar-refractivity contribution < 1.29 is 26.3 Å². The zero-order valence-electron chi connectivity index (χ0n) is 21.8. The van der Waals surface area contributed by atoms with Crippen molar-refractivity contribution in [1.82, 2.24) is 0 Å². The molecular weight excluding hydrogens is 546 g/mol. The summed E-state index contributed by atoms with van der Waals surface area (Å²) in [5, 5.41) is 6.95. The number of hydrogen-bond donors (Lipinski definition) is 0. The molecule has 0 aromatic heterocycles. The second kappa shape index (κ2) is 9.35. The number of rotatable bonds is 2. The molecule has 0 N–H and O–H groups in total. The number of hydrogen-bond acceptors (Lipinski definition) is 0. The molecule has 7 aromatic carbocycles. The molecule has 0 spiro atoms. The zero-order chi connectivity index (χ0) is 29.2. The molecule has 0 aliphatic rings. The topological polar surface area (TPSA) is 0 Å². The third-order valence-corrected chi connectivity index (χ3v) is 7.85. The lowest BCUT2D eigenvalue weighted by Crippen LogP contribution is -2.04. The Morgan fingerprint density at radius 3 is 0.833 bits per heavy atom. The van der Waals surface area contributed by atoms with Gasteiger partial charge in [-0.3, -0.25) is 0 Å². The molecule has 6 heteroatoms. The number of benzene rings is 7. The largest absolute Gasteiger partial charge is 0.416 e. The van der Waals surface area contributed by atoms with Crippen LogP contribution in [-0.4, -0.2) is 0 Å². The second-order valence-corrected chi connectivity index (χ2v) is 10.4. The number of alkyl halides is 6. The summed E-state index contributed by atoms with van der Waals surface area (Å²) >= 11 is 0. The fourth-order valence-electron chi connectivity index (χ4n) is 5.87. The van der Waals surface area contributed by atoms with Crippen molar-refractivity contribution in [2.24, 2.45) is 0 Å². The summed E-state index contributed by atoms with van der Waals surface area (Å²) in [6.45, 7) is 0. The van der Waals surface area contributed by atoms with Crippen LogP contribution in [0.2, 0.25) is 0 Å². The highest BCUT2D eigenvalue weighted by molar-refractivity contribution is 6.25. The van der Waals surface area contributed by atoms with Crippen molar-refractivity contribution in [3.8, 4) is 22.3 Å². The fourth-order valence-corrected chi connectivity index (χ4v) is 5.87.